The number of carbonyl (C=O) groups is 2. The Kier molecular flexibility index (Phi) is 4.42. The summed E-state index contributed by atoms with van der Waals surface area (Å²) in [5.74, 6) is 0.157. The molecule has 7 heteroatoms. The van der Waals surface area contributed by atoms with E-state index in [1.54, 1.807) is 9.80 Å². The van der Waals surface area contributed by atoms with E-state index < -0.39 is 0 Å². The second-order valence-corrected chi connectivity index (χ2v) is 8.43. The van der Waals surface area contributed by atoms with Gasteiger partial charge in [0.05, 0.1) is 17.1 Å². The van der Waals surface area contributed by atoms with E-state index in [-0.39, 0.29) is 23.4 Å². The number of urea groups is 1. The minimum atomic E-state index is -0.0560. The summed E-state index contributed by atoms with van der Waals surface area (Å²) in [5, 5.41) is 0.664. The molecule has 2 amide bonds. The summed E-state index contributed by atoms with van der Waals surface area (Å²) in [6.07, 6.45) is 1.32. The molecule has 1 aliphatic heterocycles. The van der Waals surface area contributed by atoms with E-state index in [9.17, 15) is 9.59 Å². The van der Waals surface area contributed by atoms with Crippen molar-refractivity contribution in [3.63, 3.8) is 0 Å². The quantitative estimate of drug-likeness (QED) is 0.838. The minimum absolute atomic E-state index is 0.0202. The lowest BCUT2D eigenvalue weighted by Gasteiger charge is -2.30. The fraction of sp³-hybridized carbons (Fsp3) is 0.706. The van der Waals surface area contributed by atoms with Gasteiger partial charge in [0, 0.05) is 13.5 Å². The van der Waals surface area contributed by atoms with Crippen LogP contribution in [0.3, 0.4) is 0 Å². The lowest BCUT2D eigenvalue weighted by Crippen LogP contribution is -2.47. The Morgan fingerprint density at radius 3 is 2.54 bits per heavy atom. The molecule has 0 radical (unpaired) electrons. The third-order valence-electron chi connectivity index (χ3n) is 4.93. The Morgan fingerprint density at radius 2 is 1.92 bits per heavy atom. The molecule has 3 rings (SSSR count). The van der Waals surface area contributed by atoms with Crippen molar-refractivity contribution in [2.45, 2.75) is 46.7 Å². The summed E-state index contributed by atoms with van der Waals surface area (Å²) in [6.45, 7) is 10.8. The van der Waals surface area contributed by atoms with E-state index in [0.29, 0.717) is 18.1 Å². The van der Waals surface area contributed by atoms with Crippen LogP contribution in [-0.4, -0.2) is 59.4 Å². The lowest BCUT2D eigenvalue weighted by atomic mass is 9.78. The van der Waals surface area contributed by atoms with Gasteiger partial charge < -0.3 is 4.90 Å². The maximum Gasteiger partial charge on any atom is 0.327 e. The van der Waals surface area contributed by atoms with Gasteiger partial charge in [0.15, 0.2) is 10.9 Å². The van der Waals surface area contributed by atoms with Crippen LogP contribution >= 0.6 is 11.3 Å². The molecule has 1 aliphatic carbocycles. The first kappa shape index (κ1) is 17.4. The number of likely N-dealkylation sites (N-methyl/N-ethyl adjacent to an activating group) is 2. The molecule has 1 atom stereocenters. The smallest absolute Gasteiger partial charge is 0.324 e. The highest BCUT2D eigenvalue weighted by atomic mass is 32.1. The summed E-state index contributed by atoms with van der Waals surface area (Å²) in [5.41, 5.74) is 0.802. The molecule has 6 nitrogen and oxygen atoms in total. The number of hydrogen-bond donors (Lipinski definition) is 0. The predicted molar refractivity (Wildman–Crippen MR) is 95.8 cm³/mol. The van der Waals surface area contributed by atoms with Crippen molar-refractivity contribution in [1.82, 2.24) is 14.8 Å². The zero-order chi connectivity index (χ0) is 17.6. The van der Waals surface area contributed by atoms with Crippen LogP contribution in [0.5, 0.6) is 0 Å². The van der Waals surface area contributed by atoms with Crippen molar-refractivity contribution >= 4 is 28.3 Å². The number of thiazole rings is 1. The maximum atomic E-state index is 12.7. The molecule has 24 heavy (non-hydrogen) atoms. The summed E-state index contributed by atoms with van der Waals surface area (Å²) in [4.78, 5) is 36.3. The molecule has 0 saturated carbocycles. The molecule has 132 valence electrons. The van der Waals surface area contributed by atoms with Gasteiger partial charge in [-0.3, -0.25) is 14.6 Å². The molecule has 2 heterocycles. The first-order chi connectivity index (χ1) is 11.3. The molecule has 1 fully saturated rings. The molecule has 0 bridgehead atoms. The molecular formula is C17H26N4O2S. The predicted octanol–water partition coefficient (Wildman–Crippen LogP) is 2.84. The Hall–Kier alpha value is -1.47. The summed E-state index contributed by atoms with van der Waals surface area (Å²) >= 11 is 1.38. The standard InChI is InChI=1S/C17H26N4O2S/c1-6-20(7-2)13-10-19(5)16(23)21(13)15-18-11-8-17(3,4)9-12(22)14(11)24-15/h13H,6-10H2,1-5H3. The maximum absolute atomic E-state index is 12.7. The number of carbonyl (C=O) groups excluding carboxylic acids is 2. The van der Waals surface area contributed by atoms with Gasteiger partial charge in [0.2, 0.25) is 0 Å². The number of anilines is 1. The molecule has 1 saturated heterocycles. The zero-order valence-electron chi connectivity index (χ0n) is 15.1. The Morgan fingerprint density at radius 1 is 1.25 bits per heavy atom. The van der Waals surface area contributed by atoms with Gasteiger partial charge in [-0.1, -0.05) is 39.0 Å². The van der Waals surface area contributed by atoms with Crippen LogP contribution in [0.25, 0.3) is 0 Å². The van der Waals surface area contributed by atoms with Gasteiger partial charge in [-0.25, -0.2) is 9.78 Å². The first-order valence-electron chi connectivity index (χ1n) is 8.58. The van der Waals surface area contributed by atoms with E-state index in [2.05, 4.69) is 32.6 Å². The number of fused-ring (bicyclic) bond motifs is 1. The topological polar surface area (TPSA) is 56.8 Å². The Labute approximate surface area is 147 Å². The average Bonchev–Trinajstić information content (AvgIpc) is 3.02. The summed E-state index contributed by atoms with van der Waals surface area (Å²) in [7, 11) is 1.82. The van der Waals surface area contributed by atoms with E-state index in [1.165, 1.54) is 11.3 Å². The van der Waals surface area contributed by atoms with Crippen LogP contribution in [0, 0.1) is 5.41 Å². The van der Waals surface area contributed by atoms with E-state index in [4.69, 9.17) is 4.98 Å². The Balaban J connectivity index is 1.98. The van der Waals surface area contributed by atoms with E-state index in [0.717, 1.165) is 30.1 Å². The van der Waals surface area contributed by atoms with Crippen LogP contribution in [0.2, 0.25) is 0 Å². The average molecular weight is 350 g/mol. The molecule has 0 aromatic carbocycles. The molecule has 0 spiro atoms. The van der Waals surface area contributed by atoms with E-state index in [1.807, 2.05) is 7.05 Å². The molecular weight excluding hydrogens is 324 g/mol. The van der Waals surface area contributed by atoms with Gasteiger partial charge in [0.25, 0.3) is 0 Å². The highest BCUT2D eigenvalue weighted by Gasteiger charge is 2.42. The van der Waals surface area contributed by atoms with Crippen LogP contribution in [0.15, 0.2) is 0 Å². The molecule has 1 aromatic rings. The third-order valence-corrected chi connectivity index (χ3v) is 6.07. The number of amides is 2. The van der Waals surface area contributed by atoms with Crippen LogP contribution in [-0.2, 0) is 6.42 Å². The van der Waals surface area contributed by atoms with Crippen molar-refractivity contribution in [3.8, 4) is 0 Å². The number of ketones is 1. The normalized spacial score (nSPS) is 23.3. The second kappa shape index (κ2) is 6.11. The van der Waals surface area contributed by atoms with Crippen LogP contribution in [0.4, 0.5) is 9.93 Å². The van der Waals surface area contributed by atoms with Crippen LogP contribution < -0.4 is 4.90 Å². The molecule has 1 aromatic heterocycles. The lowest BCUT2D eigenvalue weighted by molar-refractivity contribution is 0.0916. The number of rotatable bonds is 4. The van der Waals surface area contributed by atoms with Crippen molar-refractivity contribution in [1.29, 1.82) is 0 Å². The van der Waals surface area contributed by atoms with Gasteiger partial charge in [-0.2, -0.15) is 0 Å². The first-order valence-corrected chi connectivity index (χ1v) is 9.40. The second-order valence-electron chi connectivity index (χ2n) is 7.45. The van der Waals surface area contributed by atoms with Gasteiger partial charge in [-0.15, -0.1) is 0 Å². The fourth-order valence-electron chi connectivity index (χ4n) is 3.66. The van der Waals surface area contributed by atoms with Crippen LogP contribution in [0.1, 0.15) is 49.5 Å². The number of Topliss-reactive ketones (excluding diaryl/α,β-unsaturated/α-hetero) is 1. The minimum Gasteiger partial charge on any atom is -0.324 e. The number of aromatic nitrogens is 1. The number of hydrogen-bond acceptors (Lipinski definition) is 5. The SMILES string of the molecule is CCN(CC)C1CN(C)C(=O)N1c1nc2c(s1)C(=O)CC(C)(C)C2. The summed E-state index contributed by atoms with van der Waals surface area (Å²) in [6, 6.07) is -0.0373. The summed E-state index contributed by atoms with van der Waals surface area (Å²) < 4.78 is 0. The highest BCUT2D eigenvalue weighted by Crippen LogP contribution is 2.40. The fourth-order valence-corrected chi connectivity index (χ4v) is 4.72. The van der Waals surface area contributed by atoms with E-state index >= 15 is 0 Å². The Bertz CT molecular complexity index is 666. The van der Waals surface area contributed by atoms with Gasteiger partial charge in [0.1, 0.15) is 6.17 Å². The van der Waals surface area contributed by atoms with Crippen molar-refractivity contribution in [2.75, 3.05) is 31.6 Å². The molecule has 2 aliphatic rings. The monoisotopic (exact) mass is 350 g/mol. The molecule has 0 N–H and O–H groups in total. The van der Waals surface area contributed by atoms with Gasteiger partial charge >= 0.3 is 6.03 Å². The zero-order valence-corrected chi connectivity index (χ0v) is 15.9. The highest BCUT2D eigenvalue weighted by molar-refractivity contribution is 7.17. The van der Waals surface area contributed by atoms with Crippen molar-refractivity contribution in [2.24, 2.45) is 5.41 Å². The third kappa shape index (κ3) is 2.84. The number of nitrogens with zero attached hydrogens (tertiary/aromatic N) is 4. The van der Waals surface area contributed by atoms with Crippen molar-refractivity contribution < 1.29 is 9.59 Å². The van der Waals surface area contributed by atoms with Gasteiger partial charge in [-0.05, 0) is 24.9 Å². The van der Waals surface area contributed by atoms with Crippen molar-refractivity contribution in [3.05, 3.63) is 10.6 Å². The largest absolute Gasteiger partial charge is 0.327 e. The molecule has 1 unspecified atom stereocenters.